The van der Waals surface area contributed by atoms with Gasteiger partial charge in [0.15, 0.2) is 0 Å². The summed E-state index contributed by atoms with van der Waals surface area (Å²) in [6.07, 6.45) is 1.09. The number of rotatable bonds is 8. The molecule has 0 aliphatic heterocycles. The fraction of sp³-hybridized carbons (Fsp3) is 0.533. The van der Waals surface area contributed by atoms with Crippen LogP contribution >= 0.6 is 15.9 Å². The minimum Gasteiger partial charge on any atom is -0.492 e. The van der Waals surface area contributed by atoms with Crippen molar-refractivity contribution in [2.75, 3.05) is 13.2 Å². The lowest BCUT2D eigenvalue weighted by Gasteiger charge is -2.17. The average molecular weight is 343 g/mol. The highest BCUT2D eigenvalue weighted by molar-refractivity contribution is 9.10. The summed E-state index contributed by atoms with van der Waals surface area (Å²) in [6, 6.07) is 4.05. The second kappa shape index (κ2) is 8.27. The summed E-state index contributed by atoms with van der Waals surface area (Å²) in [7, 11) is 0. The number of primary amides is 1. The third-order valence-electron chi connectivity index (χ3n) is 3.02. The number of benzene rings is 1. The lowest BCUT2D eigenvalue weighted by molar-refractivity contribution is -0.122. The van der Waals surface area contributed by atoms with Gasteiger partial charge in [0.2, 0.25) is 5.91 Å². The Labute approximate surface area is 129 Å². The summed E-state index contributed by atoms with van der Waals surface area (Å²) < 4.78 is 6.84. The molecule has 0 fully saturated rings. The molecule has 1 amide bonds. The maximum absolute atomic E-state index is 11.1. The van der Waals surface area contributed by atoms with Crippen LogP contribution in [0.25, 0.3) is 0 Å². The van der Waals surface area contributed by atoms with E-state index in [-0.39, 0.29) is 11.8 Å². The Morgan fingerprint density at radius 1 is 1.50 bits per heavy atom. The van der Waals surface area contributed by atoms with Crippen molar-refractivity contribution in [1.82, 2.24) is 5.32 Å². The molecule has 5 heteroatoms. The van der Waals surface area contributed by atoms with Crippen LogP contribution in [-0.4, -0.2) is 19.1 Å². The van der Waals surface area contributed by atoms with Crippen molar-refractivity contribution in [2.45, 2.75) is 33.7 Å². The number of amides is 1. The number of nitrogens with one attached hydrogen (secondary N) is 1. The predicted molar refractivity (Wildman–Crippen MR) is 84.7 cm³/mol. The van der Waals surface area contributed by atoms with Gasteiger partial charge >= 0.3 is 0 Å². The zero-order chi connectivity index (χ0) is 15.1. The second-order valence-electron chi connectivity index (χ2n) is 5.00. The number of nitrogens with two attached hydrogens (primary N) is 1. The van der Waals surface area contributed by atoms with Crippen molar-refractivity contribution in [3.63, 3.8) is 0 Å². The number of hydrogen-bond donors (Lipinski definition) is 2. The quantitative estimate of drug-likeness (QED) is 0.714. The summed E-state index contributed by atoms with van der Waals surface area (Å²) >= 11 is 3.50. The van der Waals surface area contributed by atoms with E-state index >= 15 is 0 Å². The van der Waals surface area contributed by atoms with Gasteiger partial charge in [-0.05, 0) is 37.6 Å². The Hall–Kier alpha value is -1.07. The van der Waals surface area contributed by atoms with Crippen LogP contribution in [0.4, 0.5) is 0 Å². The monoisotopic (exact) mass is 342 g/mol. The van der Waals surface area contributed by atoms with Crippen LogP contribution in [0, 0.1) is 12.8 Å². The molecule has 20 heavy (non-hydrogen) atoms. The molecule has 0 saturated carbocycles. The van der Waals surface area contributed by atoms with Gasteiger partial charge in [0.05, 0.1) is 12.5 Å². The Morgan fingerprint density at radius 3 is 2.80 bits per heavy atom. The van der Waals surface area contributed by atoms with Gasteiger partial charge in [-0.15, -0.1) is 0 Å². The third-order valence-corrected chi connectivity index (χ3v) is 3.48. The highest BCUT2D eigenvalue weighted by Crippen LogP contribution is 2.28. The molecule has 1 rings (SSSR count). The van der Waals surface area contributed by atoms with E-state index in [9.17, 15) is 4.79 Å². The molecule has 1 atom stereocenters. The molecule has 1 aromatic carbocycles. The van der Waals surface area contributed by atoms with Crippen LogP contribution in [0.1, 0.15) is 31.4 Å². The highest BCUT2D eigenvalue weighted by atomic mass is 79.9. The van der Waals surface area contributed by atoms with Crippen molar-refractivity contribution < 1.29 is 9.53 Å². The van der Waals surface area contributed by atoms with Crippen LogP contribution in [0.5, 0.6) is 5.75 Å². The predicted octanol–water partition coefficient (Wildman–Crippen LogP) is 2.76. The molecule has 3 N–H and O–H groups in total. The average Bonchev–Trinajstić information content (AvgIpc) is 2.37. The molecule has 0 aromatic heterocycles. The van der Waals surface area contributed by atoms with E-state index in [0.29, 0.717) is 6.61 Å². The van der Waals surface area contributed by atoms with E-state index in [0.717, 1.165) is 40.9 Å². The van der Waals surface area contributed by atoms with Crippen molar-refractivity contribution in [1.29, 1.82) is 0 Å². The van der Waals surface area contributed by atoms with E-state index in [1.165, 1.54) is 0 Å². The first-order valence-electron chi connectivity index (χ1n) is 6.87. The number of halogens is 1. The molecule has 0 bridgehead atoms. The molecular weight excluding hydrogens is 320 g/mol. The van der Waals surface area contributed by atoms with E-state index in [2.05, 4.69) is 28.2 Å². The van der Waals surface area contributed by atoms with Crippen LogP contribution in [0.2, 0.25) is 0 Å². The summed E-state index contributed by atoms with van der Waals surface area (Å²) in [4.78, 5) is 11.1. The van der Waals surface area contributed by atoms with Crippen molar-refractivity contribution in [3.8, 4) is 5.75 Å². The number of carbonyl (C=O) groups excluding carboxylic acids is 1. The number of ether oxygens (including phenoxy) is 1. The summed E-state index contributed by atoms with van der Waals surface area (Å²) in [5.41, 5.74) is 7.39. The first-order valence-corrected chi connectivity index (χ1v) is 7.66. The molecule has 0 aliphatic carbocycles. The van der Waals surface area contributed by atoms with Gasteiger partial charge in [0, 0.05) is 16.6 Å². The zero-order valence-electron chi connectivity index (χ0n) is 12.3. The summed E-state index contributed by atoms with van der Waals surface area (Å²) in [6.45, 7) is 7.91. The molecule has 0 saturated heterocycles. The lowest BCUT2D eigenvalue weighted by Crippen LogP contribution is -2.26. The van der Waals surface area contributed by atoms with Gasteiger partial charge in [-0.1, -0.05) is 29.8 Å². The fourth-order valence-electron chi connectivity index (χ4n) is 1.83. The van der Waals surface area contributed by atoms with Crippen LogP contribution in [0.15, 0.2) is 16.6 Å². The van der Waals surface area contributed by atoms with Crippen molar-refractivity contribution >= 4 is 21.8 Å². The Morgan fingerprint density at radius 2 is 2.20 bits per heavy atom. The molecule has 4 nitrogen and oxygen atoms in total. The van der Waals surface area contributed by atoms with Crippen molar-refractivity contribution in [2.24, 2.45) is 11.7 Å². The van der Waals surface area contributed by atoms with Gasteiger partial charge in [-0.3, -0.25) is 4.79 Å². The molecule has 1 unspecified atom stereocenters. The van der Waals surface area contributed by atoms with Gasteiger partial charge in [-0.25, -0.2) is 0 Å². The second-order valence-corrected chi connectivity index (χ2v) is 5.92. The number of aryl methyl sites for hydroxylation is 1. The van der Waals surface area contributed by atoms with Crippen LogP contribution in [0.3, 0.4) is 0 Å². The van der Waals surface area contributed by atoms with E-state index in [1.54, 1.807) is 6.92 Å². The molecule has 0 aliphatic rings. The number of carbonyl (C=O) groups is 1. The van der Waals surface area contributed by atoms with Gasteiger partial charge in [0.1, 0.15) is 5.75 Å². The van der Waals surface area contributed by atoms with Crippen molar-refractivity contribution in [3.05, 3.63) is 27.7 Å². The highest BCUT2D eigenvalue weighted by Gasteiger charge is 2.13. The molecule has 0 radical (unpaired) electrons. The first-order chi connectivity index (χ1) is 9.45. The lowest BCUT2D eigenvalue weighted by atomic mass is 10.1. The SMILES string of the molecule is CCCNCc1cc(Br)cc(C)c1OCC(C)C(N)=O. The minimum absolute atomic E-state index is 0.297. The molecule has 0 spiro atoms. The topological polar surface area (TPSA) is 64.3 Å². The summed E-state index contributed by atoms with van der Waals surface area (Å²) in [5.74, 6) is 0.199. The Balaban J connectivity index is 2.83. The minimum atomic E-state index is -0.342. The van der Waals surface area contributed by atoms with E-state index in [1.807, 2.05) is 19.1 Å². The number of hydrogen-bond acceptors (Lipinski definition) is 3. The molecular formula is C15H23BrN2O2. The normalized spacial score (nSPS) is 12.2. The van der Waals surface area contributed by atoms with E-state index < -0.39 is 0 Å². The first kappa shape index (κ1) is 17.0. The fourth-order valence-corrected chi connectivity index (χ4v) is 2.45. The largest absolute Gasteiger partial charge is 0.492 e. The van der Waals surface area contributed by atoms with Gasteiger partial charge in [-0.2, -0.15) is 0 Å². The van der Waals surface area contributed by atoms with Crippen LogP contribution < -0.4 is 15.8 Å². The van der Waals surface area contributed by atoms with Gasteiger partial charge < -0.3 is 15.8 Å². The smallest absolute Gasteiger partial charge is 0.223 e. The van der Waals surface area contributed by atoms with Gasteiger partial charge in [0.25, 0.3) is 0 Å². The maximum atomic E-state index is 11.1. The Bertz CT molecular complexity index is 463. The molecule has 0 heterocycles. The Kier molecular flexibility index (Phi) is 7.02. The van der Waals surface area contributed by atoms with Crippen LogP contribution in [-0.2, 0) is 11.3 Å². The maximum Gasteiger partial charge on any atom is 0.223 e. The summed E-state index contributed by atoms with van der Waals surface area (Å²) in [5, 5.41) is 3.36. The molecule has 112 valence electrons. The standard InChI is InChI=1S/C15H23BrN2O2/c1-4-5-18-8-12-7-13(16)6-10(2)14(12)20-9-11(3)15(17)19/h6-7,11,18H,4-5,8-9H2,1-3H3,(H2,17,19). The zero-order valence-corrected chi connectivity index (χ0v) is 13.9. The molecule has 1 aromatic rings. The van der Waals surface area contributed by atoms with E-state index in [4.69, 9.17) is 10.5 Å². The third kappa shape index (κ3) is 5.13.